The van der Waals surface area contributed by atoms with Crippen molar-refractivity contribution in [1.82, 2.24) is 5.32 Å². The number of halogens is 1. The van der Waals surface area contributed by atoms with Crippen LogP contribution in [-0.4, -0.2) is 18.6 Å². The molecule has 0 aromatic heterocycles. The Morgan fingerprint density at radius 2 is 1.96 bits per heavy atom. The van der Waals surface area contributed by atoms with Gasteiger partial charge in [0.2, 0.25) is 5.91 Å². The molecular formula is C19H23FN2O2. The first-order chi connectivity index (χ1) is 11.5. The van der Waals surface area contributed by atoms with Crippen molar-refractivity contribution in [3.8, 4) is 5.75 Å². The predicted molar refractivity (Wildman–Crippen MR) is 92.2 cm³/mol. The highest BCUT2D eigenvalue weighted by molar-refractivity contribution is 5.82. The fourth-order valence-corrected chi connectivity index (χ4v) is 2.25. The van der Waals surface area contributed by atoms with Crippen LogP contribution >= 0.6 is 0 Å². The Kier molecular flexibility index (Phi) is 6.32. The van der Waals surface area contributed by atoms with E-state index in [1.165, 1.54) is 12.1 Å². The molecule has 0 bridgehead atoms. The van der Waals surface area contributed by atoms with Crippen LogP contribution in [0, 0.1) is 12.7 Å². The fourth-order valence-electron chi connectivity index (χ4n) is 2.25. The molecule has 0 saturated carbocycles. The zero-order valence-electron chi connectivity index (χ0n) is 14.0. The van der Waals surface area contributed by atoms with Crippen molar-refractivity contribution >= 4 is 5.91 Å². The Bertz CT molecular complexity index is 673. The summed E-state index contributed by atoms with van der Waals surface area (Å²) >= 11 is 0. The van der Waals surface area contributed by atoms with Gasteiger partial charge in [-0.25, -0.2) is 4.39 Å². The summed E-state index contributed by atoms with van der Waals surface area (Å²) in [4.78, 5) is 12.2. The number of carbonyl (C=O) groups excluding carboxylic acids is 1. The van der Waals surface area contributed by atoms with Crippen LogP contribution in [0.3, 0.4) is 0 Å². The van der Waals surface area contributed by atoms with Gasteiger partial charge < -0.3 is 15.8 Å². The third kappa shape index (κ3) is 5.06. The van der Waals surface area contributed by atoms with Crippen LogP contribution in [0.2, 0.25) is 0 Å². The zero-order chi connectivity index (χ0) is 17.5. The normalized spacial score (nSPS) is 13.2. The number of nitrogens with one attached hydrogen (secondary N) is 1. The van der Waals surface area contributed by atoms with E-state index in [9.17, 15) is 9.18 Å². The minimum atomic E-state index is -0.725. The summed E-state index contributed by atoms with van der Waals surface area (Å²) in [6.07, 6.45) is 0.428. The molecular weight excluding hydrogens is 307 g/mol. The van der Waals surface area contributed by atoms with Crippen molar-refractivity contribution in [2.45, 2.75) is 32.4 Å². The van der Waals surface area contributed by atoms with E-state index in [0.29, 0.717) is 18.7 Å². The van der Waals surface area contributed by atoms with E-state index in [2.05, 4.69) is 5.32 Å². The van der Waals surface area contributed by atoms with Gasteiger partial charge in [0.25, 0.3) is 0 Å². The number of ether oxygens (including phenoxy) is 1. The van der Waals surface area contributed by atoms with Crippen LogP contribution < -0.4 is 15.8 Å². The predicted octanol–water partition coefficient (Wildman–Crippen LogP) is 3.11. The van der Waals surface area contributed by atoms with Crippen LogP contribution in [-0.2, 0) is 4.79 Å². The van der Waals surface area contributed by atoms with E-state index < -0.39 is 6.04 Å². The summed E-state index contributed by atoms with van der Waals surface area (Å²) in [6, 6.07) is 12.8. The van der Waals surface area contributed by atoms with Crippen molar-refractivity contribution in [3.05, 3.63) is 65.5 Å². The SMILES string of the molecule is CCC(CNC(=O)C(N)c1ccc(C)cc1)Oc1cccc(F)c1. The molecule has 0 aliphatic carbocycles. The molecule has 0 heterocycles. The van der Waals surface area contributed by atoms with Crippen molar-refractivity contribution in [1.29, 1.82) is 0 Å². The summed E-state index contributed by atoms with van der Waals surface area (Å²) in [5.41, 5.74) is 7.86. The van der Waals surface area contributed by atoms with E-state index in [1.807, 2.05) is 38.1 Å². The Morgan fingerprint density at radius 1 is 1.25 bits per heavy atom. The number of hydrogen-bond acceptors (Lipinski definition) is 3. The Hall–Kier alpha value is -2.40. The fraction of sp³-hybridized carbons (Fsp3) is 0.316. The topological polar surface area (TPSA) is 64.4 Å². The van der Waals surface area contributed by atoms with Gasteiger partial charge in [0, 0.05) is 6.07 Å². The second kappa shape index (κ2) is 8.45. The average Bonchev–Trinajstić information content (AvgIpc) is 2.58. The van der Waals surface area contributed by atoms with Crippen molar-refractivity contribution in [2.75, 3.05) is 6.54 Å². The number of rotatable bonds is 7. The highest BCUT2D eigenvalue weighted by Crippen LogP contribution is 2.15. The van der Waals surface area contributed by atoms with Crippen LogP contribution in [0.1, 0.15) is 30.5 Å². The third-order valence-corrected chi connectivity index (χ3v) is 3.78. The smallest absolute Gasteiger partial charge is 0.241 e. The molecule has 3 N–H and O–H groups in total. The maximum absolute atomic E-state index is 13.2. The van der Waals surface area contributed by atoms with Crippen molar-refractivity contribution in [3.63, 3.8) is 0 Å². The van der Waals surface area contributed by atoms with Crippen LogP contribution in [0.25, 0.3) is 0 Å². The molecule has 0 aliphatic heterocycles. The molecule has 0 spiro atoms. The maximum atomic E-state index is 13.2. The number of amides is 1. The monoisotopic (exact) mass is 330 g/mol. The molecule has 2 unspecified atom stereocenters. The Morgan fingerprint density at radius 3 is 2.58 bits per heavy atom. The number of carbonyl (C=O) groups is 1. The van der Waals surface area contributed by atoms with Gasteiger partial charge in [-0.3, -0.25) is 4.79 Å². The molecule has 1 amide bonds. The lowest BCUT2D eigenvalue weighted by molar-refractivity contribution is -0.122. The average molecular weight is 330 g/mol. The lowest BCUT2D eigenvalue weighted by Gasteiger charge is -2.20. The van der Waals surface area contributed by atoms with E-state index in [-0.39, 0.29) is 17.8 Å². The van der Waals surface area contributed by atoms with Gasteiger partial charge in [-0.2, -0.15) is 0 Å². The minimum Gasteiger partial charge on any atom is -0.489 e. The van der Waals surface area contributed by atoms with E-state index in [1.54, 1.807) is 12.1 Å². The highest BCUT2D eigenvalue weighted by atomic mass is 19.1. The van der Waals surface area contributed by atoms with Crippen molar-refractivity contribution in [2.24, 2.45) is 5.73 Å². The van der Waals surface area contributed by atoms with Gasteiger partial charge in [-0.05, 0) is 31.0 Å². The molecule has 0 fully saturated rings. The van der Waals surface area contributed by atoms with E-state index >= 15 is 0 Å². The van der Waals surface area contributed by atoms with Gasteiger partial charge in [0.05, 0.1) is 6.54 Å². The largest absolute Gasteiger partial charge is 0.489 e. The summed E-state index contributed by atoms with van der Waals surface area (Å²) in [7, 11) is 0. The molecule has 4 nitrogen and oxygen atoms in total. The molecule has 128 valence electrons. The quantitative estimate of drug-likeness (QED) is 0.820. The van der Waals surface area contributed by atoms with Gasteiger partial charge in [0.1, 0.15) is 23.7 Å². The van der Waals surface area contributed by atoms with Gasteiger partial charge in [-0.1, -0.05) is 42.8 Å². The molecule has 2 atom stereocenters. The molecule has 2 aromatic rings. The Balaban J connectivity index is 1.89. The zero-order valence-corrected chi connectivity index (χ0v) is 14.0. The van der Waals surface area contributed by atoms with Gasteiger partial charge in [-0.15, -0.1) is 0 Å². The third-order valence-electron chi connectivity index (χ3n) is 3.78. The highest BCUT2D eigenvalue weighted by Gasteiger charge is 2.17. The molecule has 5 heteroatoms. The van der Waals surface area contributed by atoms with E-state index in [4.69, 9.17) is 10.5 Å². The molecule has 24 heavy (non-hydrogen) atoms. The van der Waals surface area contributed by atoms with Gasteiger partial charge >= 0.3 is 0 Å². The van der Waals surface area contributed by atoms with Crippen LogP contribution in [0.5, 0.6) is 5.75 Å². The Labute approximate surface area is 141 Å². The summed E-state index contributed by atoms with van der Waals surface area (Å²) in [5.74, 6) is -0.174. The summed E-state index contributed by atoms with van der Waals surface area (Å²) < 4.78 is 18.9. The maximum Gasteiger partial charge on any atom is 0.241 e. The molecule has 2 rings (SSSR count). The molecule has 0 radical (unpaired) electrons. The lowest BCUT2D eigenvalue weighted by atomic mass is 10.1. The lowest BCUT2D eigenvalue weighted by Crippen LogP contribution is -2.40. The standard InChI is InChI=1S/C19H23FN2O2/c1-3-16(24-17-6-4-5-15(20)11-17)12-22-19(23)18(21)14-9-7-13(2)8-10-14/h4-11,16,18H,3,12,21H2,1-2H3,(H,22,23). The number of hydrogen-bond donors (Lipinski definition) is 2. The van der Waals surface area contributed by atoms with Crippen molar-refractivity contribution < 1.29 is 13.9 Å². The number of benzene rings is 2. The minimum absolute atomic E-state index is 0.249. The first-order valence-corrected chi connectivity index (χ1v) is 8.01. The van der Waals surface area contributed by atoms with Gasteiger partial charge in [0.15, 0.2) is 0 Å². The van der Waals surface area contributed by atoms with Crippen LogP contribution in [0.4, 0.5) is 4.39 Å². The summed E-state index contributed by atoms with van der Waals surface area (Å²) in [5, 5.41) is 2.80. The number of aryl methyl sites for hydroxylation is 1. The first-order valence-electron chi connectivity index (χ1n) is 8.01. The molecule has 0 saturated heterocycles. The van der Waals surface area contributed by atoms with E-state index in [0.717, 1.165) is 11.1 Å². The number of nitrogens with two attached hydrogens (primary N) is 1. The summed E-state index contributed by atoms with van der Waals surface area (Å²) in [6.45, 7) is 4.23. The molecule has 0 aliphatic rings. The molecule has 2 aromatic carbocycles. The van der Waals surface area contributed by atoms with Crippen LogP contribution in [0.15, 0.2) is 48.5 Å². The second-order valence-corrected chi connectivity index (χ2v) is 5.74. The first kappa shape index (κ1) is 17.9. The second-order valence-electron chi connectivity index (χ2n) is 5.74.